The lowest BCUT2D eigenvalue weighted by molar-refractivity contribution is -0.671. The van der Waals surface area contributed by atoms with Gasteiger partial charge >= 0.3 is 0 Å². The third-order valence-corrected chi connectivity index (χ3v) is 4.41. The van der Waals surface area contributed by atoms with Crippen molar-refractivity contribution in [3.63, 3.8) is 0 Å². The maximum Gasteiger partial charge on any atom is 0.210 e. The summed E-state index contributed by atoms with van der Waals surface area (Å²) in [4.78, 5) is 0. The van der Waals surface area contributed by atoms with Gasteiger partial charge in [0.15, 0.2) is 24.8 Å². The van der Waals surface area contributed by atoms with Gasteiger partial charge in [0.1, 0.15) is 7.05 Å². The van der Waals surface area contributed by atoms with Gasteiger partial charge in [0, 0.05) is 36.4 Å². The molecular weight excluding hydrogens is 304 g/mol. The van der Waals surface area contributed by atoms with Gasteiger partial charge < -0.3 is 0 Å². The molecule has 0 radical (unpaired) electrons. The van der Waals surface area contributed by atoms with Crippen molar-refractivity contribution in [3.05, 3.63) is 104 Å². The van der Waals surface area contributed by atoms with E-state index in [0.717, 1.165) is 5.69 Å². The van der Waals surface area contributed by atoms with Crippen LogP contribution in [0.4, 0.5) is 0 Å². The molecule has 0 fully saturated rings. The van der Waals surface area contributed by atoms with Crippen LogP contribution in [0.1, 0.15) is 0 Å². The highest BCUT2D eigenvalue weighted by Gasteiger charge is 2.08. The van der Waals surface area contributed by atoms with E-state index in [-0.39, 0.29) is 0 Å². The third-order valence-electron chi connectivity index (χ3n) is 4.41. The molecule has 0 aliphatic rings. The second-order valence-electron chi connectivity index (χ2n) is 6.16. The van der Waals surface area contributed by atoms with Crippen molar-refractivity contribution in [3.8, 4) is 27.9 Å². The summed E-state index contributed by atoms with van der Waals surface area (Å²) in [7, 11) is 2.03. The molecule has 0 N–H and O–H groups in total. The Labute approximate surface area is 148 Å². The van der Waals surface area contributed by atoms with E-state index in [1.54, 1.807) is 0 Å². The van der Waals surface area contributed by atoms with Crippen LogP contribution in [0, 0.1) is 0 Å². The van der Waals surface area contributed by atoms with E-state index in [4.69, 9.17) is 0 Å². The molecule has 2 nitrogen and oxygen atoms in total. The number of aryl methyl sites for hydroxylation is 1. The predicted molar refractivity (Wildman–Crippen MR) is 100 cm³/mol. The van der Waals surface area contributed by atoms with Gasteiger partial charge in [-0.2, -0.15) is 4.57 Å². The monoisotopic (exact) mass is 324 g/mol. The van der Waals surface area contributed by atoms with Crippen LogP contribution in [-0.4, -0.2) is 0 Å². The molecule has 2 aromatic carbocycles. The molecule has 2 aromatic heterocycles. The number of benzene rings is 2. The van der Waals surface area contributed by atoms with E-state index in [0.29, 0.717) is 0 Å². The molecule has 4 rings (SSSR count). The molecular formula is C23H20N2+2. The Morgan fingerprint density at radius 2 is 0.960 bits per heavy atom. The highest BCUT2D eigenvalue weighted by atomic mass is 14.9. The molecule has 120 valence electrons. The molecule has 2 heterocycles. The van der Waals surface area contributed by atoms with E-state index >= 15 is 0 Å². The number of pyridine rings is 2. The zero-order chi connectivity index (χ0) is 17.1. The van der Waals surface area contributed by atoms with Crippen LogP contribution in [0.5, 0.6) is 0 Å². The minimum absolute atomic E-state index is 1.16. The van der Waals surface area contributed by atoms with Gasteiger partial charge in [-0.3, -0.25) is 0 Å². The van der Waals surface area contributed by atoms with Gasteiger partial charge in [-0.1, -0.05) is 30.3 Å². The summed E-state index contributed by atoms with van der Waals surface area (Å²) >= 11 is 0. The normalized spacial score (nSPS) is 10.6. The van der Waals surface area contributed by atoms with Crippen LogP contribution in [0.25, 0.3) is 27.9 Å². The number of hydrogen-bond acceptors (Lipinski definition) is 0. The van der Waals surface area contributed by atoms with Crippen LogP contribution in [-0.2, 0) is 7.05 Å². The second-order valence-corrected chi connectivity index (χ2v) is 6.16. The number of hydrogen-bond donors (Lipinski definition) is 0. The Hall–Kier alpha value is -3.26. The largest absolute Gasteiger partial charge is 0.210 e. The first kappa shape index (κ1) is 15.3. The molecule has 4 aromatic rings. The van der Waals surface area contributed by atoms with Crippen molar-refractivity contribution < 1.29 is 9.13 Å². The van der Waals surface area contributed by atoms with Gasteiger partial charge in [-0.25, -0.2) is 4.57 Å². The molecule has 0 amide bonds. The van der Waals surface area contributed by atoms with Crippen molar-refractivity contribution in [1.29, 1.82) is 0 Å². The van der Waals surface area contributed by atoms with Crippen molar-refractivity contribution in [1.82, 2.24) is 0 Å². The van der Waals surface area contributed by atoms with E-state index in [1.165, 1.54) is 22.3 Å². The molecule has 0 saturated carbocycles. The van der Waals surface area contributed by atoms with E-state index in [1.807, 2.05) is 17.7 Å². The Kier molecular flexibility index (Phi) is 4.09. The fourth-order valence-corrected chi connectivity index (χ4v) is 2.94. The van der Waals surface area contributed by atoms with Crippen molar-refractivity contribution in [2.75, 3.05) is 0 Å². The van der Waals surface area contributed by atoms with Gasteiger partial charge in [0.05, 0.1) is 0 Å². The quantitative estimate of drug-likeness (QED) is 0.501. The maximum atomic E-state index is 2.17. The predicted octanol–water partition coefficient (Wildman–Crippen LogP) is 4.12. The Morgan fingerprint density at radius 3 is 1.56 bits per heavy atom. The number of nitrogens with zero attached hydrogens (tertiary/aromatic N) is 2. The molecule has 0 saturated heterocycles. The number of rotatable bonds is 3. The molecule has 2 heteroatoms. The third kappa shape index (κ3) is 3.33. The molecule has 25 heavy (non-hydrogen) atoms. The fourth-order valence-electron chi connectivity index (χ4n) is 2.94. The van der Waals surface area contributed by atoms with Crippen molar-refractivity contribution in [2.24, 2.45) is 7.05 Å². The standard InChI is InChI=1S/C23H20N2/c1-24-15-11-21(12-16-24)22-13-17-25(18-14-22)23-9-7-20(8-10-23)19-5-3-2-4-6-19/h2-18H,1H3/q+2. The smallest absolute Gasteiger partial charge is 0.208 e. The molecule has 0 spiro atoms. The van der Waals surface area contributed by atoms with Crippen LogP contribution in [0.2, 0.25) is 0 Å². The van der Waals surface area contributed by atoms with Gasteiger partial charge in [0.25, 0.3) is 0 Å². The Morgan fingerprint density at radius 1 is 0.480 bits per heavy atom. The number of aromatic nitrogens is 2. The first-order valence-electron chi connectivity index (χ1n) is 8.42. The van der Waals surface area contributed by atoms with E-state index in [2.05, 4.69) is 102 Å². The Balaban J connectivity index is 1.59. The zero-order valence-electron chi connectivity index (χ0n) is 14.2. The lowest BCUT2D eigenvalue weighted by atomic mass is 10.1. The summed E-state index contributed by atoms with van der Waals surface area (Å²) in [6.07, 6.45) is 8.36. The van der Waals surface area contributed by atoms with Crippen LogP contribution >= 0.6 is 0 Å². The SMILES string of the molecule is C[n+]1ccc(-c2cc[n+](-c3ccc(-c4ccccc4)cc3)cc2)cc1. The fraction of sp³-hybridized carbons (Fsp3) is 0.0435. The molecule has 0 bridgehead atoms. The lowest BCUT2D eigenvalue weighted by Gasteiger charge is -2.03. The highest BCUT2D eigenvalue weighted by molar-refractivity contribution is 5.64. The average molecular weight is 324 g/mol. The molecule has 0 aliphatic heterocycles. The first-order valence-corrected chi connectivity index (χ1v) is 8.42. The van der Waals surface area contributed by atoms with Crippen LogP contribution in [0.3, 0.4) is 0 Å². The van der Waals surface area contributed by atoms with Gasteiger partial charge in [-0.15, -0.1) is 0 Å². The molecule has 0 unspecified atom stereocenters. The topological polar surface area (TPSA) is 7.76 Å². The van der Waals surface area contributed by atoms with E-state index < -0.39 is 0 Å². The first-order chi connectivity index (χ1) is 12.3. The lowest BCUT2D eigenvalue weighted by Crippen LogP contribution is -2.29. The summed E-state index contributed by atoms with van der Waals surface area (Å²) in [5, 5.41) is 0. The van der Waals surface area contributed by atoms with Crippen molar-refractivity contribution >= 4 is 0 Å². The summed E-state index contributed by atoms with van der Waals surface area (Å²) in [6, 6.07) is 27.7. The Bertz CT molecular complexity index is 955. The van der Waals surface area contributed by atoms with Crippen LogP contribution < -0.4 is 9.13 Å². The van der Waals surface area contributed by atoms with Crippen LogP contribution in [0.15, 0.2) is 104 Å². The zero-order valence-corrected chi connectivity index (χ0v) is 14.2. The van der Waals surface area contributed by atoms with Gasteiger partial charge in [-0.05, 0) is 34.4 Å². The summed E-state index contributed by atoms with van der Waals surface area (Å²) in [5.74, 6) is 0. The van der Waals surface area contributed by atoms with Crippen molar-refractivity contribution in [2.45, 2.75) is 0 Å². The summed E-state index contributed by atoms with van der Waals surface area (Å²) in [6.45, 7) is 0. The second kappa shape index (κ2) is 6.70. The minimum atomic E-state index is 1.16. The molecule has 0 aliphatic carbocycles. The summed E-state index contributed by atoms with van der Waals surface area (Å²) < 4.78 is 4.18. The minimum Gasteiger partial charge on any atom is -0.208 e. The summed E-state index contributed by atoms with van der Waals surface area (Å²) in [5.41, 5.74) is 6.08. The highest BCUT2D eigenvalue weighted by Crippen LogP contribution is 2.20. The van der Waals surface area contributed by atoms with E-state index in [9.17, 15) is 0 Å². The molecule has 0 atom stereocenters. The maximum absolute atomic E-state index is 2.17. The van der Waals surface area contributed by atoms with Gasteiger partial charge in [0.2, 0.25) is 5.69 Å². The average Bonchev–Trinajstić information content (AvgIpc) is 2.70.